The van der Waals surface area contributed by atoms with Gasteiger partial charge in [0.25, 0.3) is 0 Å². The molecule has 2 aliphatic rings. The Labute approximate surface area is 175 Å². The fourth-order valence-corrected chi connectivity index (χ4v) is 4.76. The van der Waals surface area contributed by atoms with Crippen molar-refractivity contribution in [1.29, 1.82) is 0 Å². The zero-order valence-corrected chi connectivity index (χ0v) is 17.3. The lowest BCUT2D eigenvalue weighted by molar-refractivity contribution is -0.134. The number of benzene rings is 2. The van der Waals surface area contributed by atoms with Crippen molar-refractivity contribution >= 4 is 29.3 Å². The Balaban J connectivity index is 1.27. The molecule has 1 N–H and O–H groups in total. The standard InChI is InChI=1S/C22H25N3O3S/c1-28-17-8-6-16(7-9-17)15-24-10-12-25(13-11-24)21(26)14-20-22(27)23-18-4-2-3-5-19(18)29-20/h2-9,20H,10-15H2,1H3,(H,23,27)/t20-/m0/s1. The molecule has 0 aromatic heterocycles. The summed E-state index contributed by atoms with van der Waals surface area (Å²) in [6.45, 7) is 3.94. The largest absolute Gasteiger partial charge is 0.497 e. The van der Waals surface area contributed by atoms with Crippen LogP contribution >= 0.6 is 11.8 Å². The minimum absolute atomic E-state index is 0.0566. The van der Waals surface area contributed by atoms with Crippen molar-refractivity contribution in [1.82, 2.24) is 9.80 Å². The number of methoxy groups -OCH3 is 1. The number of carbonyl (C=O) groups is 2. The van der Waals surface area contributed by atoms with E-state index in [1.807, 2.05) is 41.3 Å². The minimum atomic E-state index is -0.366. The molecule has 2 aromatic carbocycles. The van der Waals surface area contributed by atoms with Crippen LogP contribution in [0.5, 0.6) is 5.75 Å². The van der Waals surface area contributed by atoms with Crippen LogP contribution in [0.25, 0.3) is 0 Å². The van der Waals surface area contributed by atoms with Crippen molar-refractivity contribution in [3.63, 3.8) is 0 Å². The third kappa shape index (κ3) is 4.74. The topological polar surface area (TPSA) is 61.9 Å². The molecular weight excluding hydrogens is 386 g/mol. The van der Waals surface area contributed by atoms with Gasteiger partial charge in [-0.1, -0.05) is 24.3 Å². The maximum atomic E-state index is 12.8. The zero-order valence-electron chi connectivity index (χ0n) is 16.5. The van der Waals surface area contributed by atoms with Crippen LogP contribution in [0.2, 0.25) is 0 Å². The molecule has 0 spiro atoms. The highest BCUT2D eigenvalue weighted by Crippen LogP contribution is 2.36. The first-order valence-electron chi connectivity index (χ1n) is 9.82. The predicted octanol–water partition coefficient (Wildman–Crippen LogP) is 2.84. The second-order valence-electron chi connectivity index (χ2n) is 7.30. The number of rotatable bonds is 5. The van der Waals surface area contributed by atoms with E-state index in [4.69, 9.17) is 4.74 Å². The van der Waals surface area contributed by atoms with Crippen LogP contribution in [0.1, 0.15) is 12.0 Å². The number of amides is 2. The Kier molecular flexibility index (Phi) is 6.06. The number of hydrogen-bond acceptors (Lipinski definition) is 5. The van der Waals surface area contributed by atoms with Crippen molar-refractivity contribution in [2.75, 3.05) is 38.6 Å². The van der Waals surface area contributed by atoms with Gasteiger partial charge in [0.05, 0.1) is 18.0 Å². The van der Waals surface area contributed by atoms with E-state index in [9.17, 15) is 9.59 Å². The van der Waals surface area contributed by atoms with E-state index in [1.54, 1.807) is 7.11 Å². The highest BCUT2D eigenvalue weighted by molar-refractivity contribution is 8.01. The SMILES string of the molecule is COc1ccc(CN2CCN(C(=O)C[C@@H]3Sc4ccccc4NC3=O)CC2)cc1. The second-order valence-corrected chi connectivity index (χ2v) is 8.55. The fourth-order valence-electron chi connectivity index (χ4n) is 3.66. The van der Waals surface area contributed by atoms with E-state index >= 15 is 0 Å². The van der Waals surface area contributed by atoms with Crippen LogP contribution in [0, 0.1) is 0 Å². The van der Waals surface area contributed by atoms with Gasteiger partial charge in [-0.3, -0.25) is 14.5 Å². The lowest BCUT2D eigenvalue weighted by Crippen LogP contribution is -2.49. The van der Waals surface area contributed by atoms with E-state index in [0.29, 0.717) is 13.1 Å². The maximum Gasteiger partial charge on any atom is 0.238 e. The second kappa shape index (κ2) is 8.88. The van der Waals surface area contributed by atoms with Crippen molar-refractivity contribution in [3.05, 3.63) is 54.1 Å². The Morgan fingerprint density at radius 2 is 1.83 bits per heavy atom. The molecule has 152 valence electrons. The van der Waals surface area contributed by atoms with Crippen LogP contribution in [-0.4, -0.2) is 60.2 Å². The summed E-state index contributed by atoms with van der Waals surface area (Å²) in [5.74, 6) is 0.831. The quantitative estimate of drug-likeness (QED) is 0.820. The number of thioether (sulfide) groups is 1. The summed E-state index contributed by atoms with van der Waals surface area (Å²) in [5.41, 5.74) is 2.07. The molecule has 7 heteroatoms. The molecule has 2 aliphatic heterocycles. The summed E-state index contributed by atoms with van der Waals surface area (Å²) in [6.07, 6.45) is 0.239. The van der Waals surface area contributed by atoms with Crippen molar-refractivity contribution in [3.8, 4) is 5.75 Å². The molecule has 6 nitrogen and oxygen atoms in total. The first-order valence-corrected chi connectivity index (χ1v) is 10.7. The van der Waals surface area contributed by atoms with Gasteiger partial charge >= 0.3 is 0 Å². The fraction of sp³-hybridized carbons (Fsp3) is 0.364. The molecule has 0 aliphatic carbocycles. The molecule has 0 saturated carbocycles. The Morgan fingerprint density at radius 3 is 2.55 bits per heavy atom. The van der Waals surface area contributed by atoms with E-state index in [-0.39, 0.29) is 23.5 Å². The summed E-state index contributed by atoms with van der Waals surface area (Å²) in [5, 5.41) is 2.55. The maximum absolute atomic E-state index is 12.8. The predicted molar refractivity (Wildman–Crippen MR) is 114 cm³/mol. The molecule has 29 heavy (non-hydrogen) atoms. The third-order valence-corrected chi connectivity index (χ3v) is 6.63. The highest BCUT2D eigenvalue weighted by Gasteiger charge is 2.31. The number of nitrogens with zero attached hydrogens (tertiary/aromatic N) is 2. The number of piperazine rings is 1. The van der Waals surface area contributed by atoms with Gasteiger partial charge in [0, 0.05) is 44.0 Å². The molecule has 0 radical (unpaired) electrons. The summed E-state index contributed by atoms with van der Waals surface area (Å²) in [4.78, 5) is 30.4. The average Bonchev–Trinajstić information content (AvgIpc) is 2.75. The van der Waals surface area contributed by atoms with Gasteiger partial charge in [0.15, 0.2) is 0 Å². The minimum Gasteiger partial charge on any atom is -0.497 e. The van der Waals surface area contributed by atoms with Crippen LogP contribution < -0.4 is 10.1 Å². The van der Waals surface area contributed by atoms with Gasteiger partial charge in [-0.05, 0) is 29.8 Å². The van der Waals surface area contributed by atoms with Crippen molar-refractivity contribution < 1.29 is 14.3 Å². The zero-order chi connectivity index (χ0) is 20.2. The Bertz CT molecular complexity index is 879. The average molecular weight is 412 g/mol. The Hall–Kier alpha value is -2.51. The molecular formula is C22H25N3O3S. The summed E-state index contributed by atoms with van der Waals surface area (Å²) in [7, 11) is 1.67. The monoisotopic (exact) mass is 411 g/mol. The number of anilines is 1. The van der Waals surface area contributed by atoms with E-state index in [1.165, 1.54) is 17.3 Å². The summed E-state index contributed by atoms with van der Waals surface area (Å²) >= 11 is 1.48. The highest BCUT2D eigenvalue weighted by atomic mass is 32.2. The lowest BCUT2D eigenvalue weighted by atomic mass is 10.1. The number of carbonyl (C=O) groups excluding carboxylic acids is 2. The van der Waals surface area contributed by atoms with Crippen LogP contribution in [-0.2, 0) is 16.1 Å². The van der Waals surface area contributed by atoms with Gasteiger partial charge < -0.3 is 15.0 Å². The molecule has 2 amide bonds. The van der Waals surface area contributed by atoms with Gasteiger partial charge in [-0.15, -0.1) is 11.8 Å². The van der Waals surface area contributed by atoms with Gasteiger partial charge in [0.1, 0.15) is 5.75 Å². The molecule has 1 atom stereocenters. The van der Waals surface area contributed by atoms with Crippen molar-refractivity contribution in [2.24, 2.45) is 0 Å². The van der Waals surface area contributed by atoms with Gasteiger partial charge in [-0.2, -0.15) is 0 Å². The van der Waals surface area contributed by atoms with E-state index < -0.39 is 0 Å². The third-order valence-electron chi connectivity index (χ3n) is 5.36. The van der Waals surface area contributed by atoms with E-state index in [2.05, 4.69) is 22.3 Å². The number of para-hydroxylation sites is 1. The summed E-state index contributed by atoms with van der Waals surface area (Å²) in [6, 6.07) is 15.8. The van der Waals surface area contributed by atoms with Gasteiger partial charge in [0.2, 0.25) is 11.8 Å². The summed E-state index contributed by atoms with van der Waals surface area (Å²) < 4.78 is 5.20. The smallest absolute Gasteiger partial charge is 0.238 e. The van der Waals surface area contributed by atoms with Gasteiger partial charge in [-0.25, -0.2) is 0 Å². The lowest BCUT2D eigenvalue weighted by Gasteiger charge is -2.35. The molecule has 4 rings (SSSR count). The molecule has 2 aromatic rings. The molecule has 0 bridgehead atoms. The van der Waals surface area contributed by atoms with Crippen LogP contribution in [0.4, 0.5) is 5.69 Å². The van der Waals surface area contributed by atoms with Crippen molar-refractivity contribution in [2.45, 2.75) is 23.1 Å². The van der Waals surface area contributed by atoms with Crippen LogP contribution in [0.15, 0.2) is 53.4 Å². The molecule has 1 fully saturated rings. The molecule has 0 unspecified atom stereocenters. The number of hydrogen-bond donors (Lipinski definition) is 1. The number of fused-ring (bicyclic) bond motifs is 1. The molecule has 2 heterocycles. The number of ether oxygens (including phenoxy) is 1. The number of nitrogens with one attached hydrogen (secondary N) is 1. The van der Waals surface area contributed by atoms with Crippen LogP contribution in [0.3, 0.4) is 0 Å². The molecule has 1 saturated heterocycles. The Morgan fingerprint density at radius 1 is 1.10 bits per heavy atom. The van der Waals surface area contributed by atoms with E-state index in [0.717, 1.165) is 36.0 Å². The first kappa shape index (κ1) is 19.8. The normalized spacial score (nSPS) is 19.4. The first-order chi connectivity index (χ1) is 14.1.